The molecule has 124 valence electrons. The van der Waals surface area contributed by atoms with Gasteiger partial charge in [-0.05, 0) is 61.6 Å². The van der Waals surface area contributed by atoms with Gasteiger partial charge in [-0.15, -0.1) is 0 Å². The van der Waals surface area contributed by atoms with E-state index in [0.29, 0.717) is 5.69 Å². The lowest BCUT2D eigenvalue weighted by Crippen LogP contribution is -2.29. The molecular weight excluding hydrogens is 300 g/mol. The number of rotatable bonds is 4. The predicted molar refractivity (Wildman–Crippen MR) is 97.9 cm³/mol. The van der Waals surface area contributed by atoms with Crippen LogP contribution in [0.25, 0.3) is 0 Å². The van der Waals surface area contributed by atoms with Crippen LogP contribution in [-0.4, -0.2) is 30.4 Å². The molecular formula is C20H22N2O2. The maximum atomic E-state index is 11.1. The molecule has 1 fully saturated rings. The lowest BCUT2D eigenvalue weighted by Gasteiger charge is -2.28. The molecule has 0 aromatic heterocycles. The van der Waals surface area contributed by atoms with Gasteiger partial charge in [0.15, 0.2) is 0 Å². The molecule has 0 atom stereocenters. The molecule has 24 heavy (non-hydrogen) atoms. The predicted octanol–water partition coefficient (Wildman–Crippen LogP) is 4.43. The van der Waals surface area contributed by atoms with Crippen LogP contribution in [0.2, 0.25) is 0 Å². The zero-order valence-corrected chi connectivity index (χ0v) is 13.9. The van der Waals surface area contributed by atoms with E-state index < -0.39 is 5.97 Å². The van der Waals surface area contributed by atoms with Crippen molar-refractivity contribution in [2.75, 3.05) is 18.0 Å². The Balaban J connectivity index is 1.75. The number of hydrogen-bond acceptors (Lipinski definition) is 3. The Hall–Kier alpha value is -2.62. The van der Waals surface area contributed by atoms with Crippen molar-refractivity contribution in [2.45, 2.75) is 26.2 Å². The molecule has 0 radical (unpaired) electrons. The molecule has 2 aromatic carbocycles. The molecule has 0 saturated carbocycles. The van der Waals surface area contributed by atoms with Gasteiger partial charge >= 0.3 is 5.97 Å². The average molecular weight is 322 g/mol. The summed E-state index contributed by atoms with van der Waals surface area (Å²) in [6.07, 6.45) is 5.65. The van der Waals surface area contributed by atoms with Crippen molar-refractivity contribution < 1.29 is 9.90 Å². The summed E-state index contributed by atoms with van der Waals surface area (Å²) >= 11 is 0. The van der Waals surface area contributed by atoms with E-state index in [0.717, 1.165) is 24.2 Å². The van der Waals surface area contributed by atoms with Gasteiger partial charge < -0.3 is 10.0 Å². The van der Waals surface area contributed by atoms with Crippen molar-refractivity contribution >= 4 is 23.6 Å². The normalized spacial score (nSPS) is 15.0. The fourth-order valence-corrected chi connectivity index (χ4v) is 2.95. The van der Waals surface area contributed by atoms with Crippen molar-refractivity contribution in [2.24, 2.45) is 4.99 Å². The van der Waals surface area contributed by atoms with Crippen molar-refractivity contribution in [1.29, 1.82) is 0 Å². The van der Waals surface area contributed by atoms with Gasteiger partial charge in [0.2, 0.25) is 0 Å². The topological polar surface area (TPSA) is 52.9 Å². The van der Waals surface area contributed by atoms with E-state index in [1.807, 2.05) is 6.92 Å². The molecule has 0 spiro atoms. The summed E-state index contributed by atoms with van der Waals surface area (Å²) in [4.78, 5) is 18.0. The Morgan fingerprint density at radius 2 is 1.79 bits per heavy atom. The molecule has 1 heterocycles. The van der Waals surface area contributed by atoms with Crippen LogP contribution in [0, 0.1) is 6.92 Å². The highest BCUT2D eigenvalue weighted by Gasteiger charge is 2.10. The Morgan fingerprint density at radius 1 is 1.08 bits per heavy atom. The Kier molecular flexibility index (Phi) is 4.94. The number of carbonyl (C=O) groups is 1. The lowest BCUT2D eigenvalue weighted by atomic mass is 10.1. The highest BCUT2D eigenvalue weighted by atomic mass is 16.4. The SMILES string of the molecule is Cc1ccc(C(=O)O)cc1N=Cc1ccc(N2CCCCC2)cc1. The van der Waals surface area contributed by atoms with E-state index in [2.05, 4.69) is 34.2 Å². The molecule has 1 aliphatic rings. The molecule has 2 aromatic rings. The number of nitrogens with zero attached hydrogens (tertiary/aromatic N) is 2. The number of piperidine rings is 1. The number of carboxylic acids is 1. The van der Waals surface area contributed by atoms with E-state index in [4.69, 9.17) is 5.11 Å². The van der Waals surface area contributed by atoms with Crippen LogP contribution in [0.4, 0.5) is 11.4 Å². The zero-order chi connectivity index (χ0) is 16.9. The molecule has 1 N–H and O–H groups in total. The number of aliphatic imine (C=N–C) groups is 1. The van der Waals surface area contributed by atoms with E-state index in [-0.39, 0.29) is 5.56 Å². The highest BCUT2D eigenvalue weighted by Crippen LogP contribution is 2.22. The van der Waals surface area contributed by atoms with Gasteiger partial charge in [-0.1, -0.05) is 18.2 Å². The number of hydrogen-bond donors (Lipinski definition) is 1. The van der Waals surface area contributed by atoms with Gasteiger partial charge in [-0.2, -0.15) is 0 Å². The van der Waals surface area contributed by atoms with Crippen LogP contribution in [-0.2, 0) is 0 Å². The van der Waals surface area contributed by atoms with Crippen molar-refractivity contribution in [1.82, 2.24) is 0 Å². The zero-order valence-electron chi connectivity index (χ0n) is 13.9. The minimum atomic E-state index is -0.933. The smallest absolute Gasteiger partial charge is 0.335 e. The van der Waals surface area contributed by atoms with Crippen LogP contribution in [0.3, 0.4) is 0 Å². The van der Waals surface area contributed by atoms with E-state index in [1.54, 1.807) is 24.4 Å². The Labute approximate surface area is 142 Å². The molecule has 0 aliphatic carbocycles. The van der Waals surface area contributed by atoms with Crippen LogP contribution < -0.4 is 4.90 Å². The minimum Gasteiger partial charge on any atom is -0.478 e. The van der Waals surface area contributed by atoms with Crippen molar-refractivity contribution in [3.8, 4) is 0 Å². The molecule has 3 rings (SSSR count). The average Bonchev–Trinajstić information content (AvgIpc) is 2.62. The fourth-order valence-electron chi connectivity index (χ4n) is 2.95. The molecule has 0 amide bonds. The van der Waals surface area contributed by atoms with Crippen molar-refractivity contribution in [3.05, 3.63) is 59.2 Å². The second-order valence-electron chi connectivity index (χ2n) is 6.20. The van der Waals surface area contributed by atoms with E-state index in [9.17, 15) is 4.79 Å². The summed E-state index contributed by atoms with van der Waals surface area (Å²) < 4.78 is 0. The Morgan fingerprint density at radius 3 is 2.46 bits per heavy atom. The first kappa shape index (κ1) is 16.2. The maximum Gasteiger partial charge on any atom is 0.335 e. The molecule has 4 heteroatoms. The van der Waals surface area contributed by atoms with Gasteiger partial charge in [0.25, 0.3) is 0 Å². The van der Waals surface area contributed by atoms with Crippen LogP contribution in [0.5, 0.6) is 0 Å². The van der Waals surface area contributed by atoms with Gasteiger partial charge in [0.05, 0.1) is 11.3 Å². The van der Waals surface area contributed by atoms with Crippen LogP contribution >= 0.6 is 0 Å². The molecule has 0 unspecified atom stereocenters. The first-order chi connectivity index (χ1) is 11.6. The number of aromatic carboxylic acids is 1. The highest BCUT2D eigenvalue weighted by molar-refractivity contribution is 5.90. The molecule has 4 nitrogen and oxygen atoms in total. The maximum absolute atomic E-state index is 11.1. The summed E-state index contributed by atoms with van der Waals surface area (Å²) in [5.41, 5.74) is 4.18. The molecule has 0 bridgehead atoms. The summed E-state index contributed by atoms with van der Waals surface area (Å²) in [5, 5.41) is 9.08. The summed E-state index contributed by atoms with van der Waals surface area (Å²) in [6.45, 7) is 4.20. The number of aryl methyl sites for hydroxylation is 1. The first-order valence-corrected chi connectivity index (χ1v) is 8.36. The minimum absolute atomic E-state index is 0.258. The van der Waals surface area contributed by atoms with Gasteiger partial charge in [0, 0.05) is 25.0 Å². The fraction of sp³-hybridized carbons (Fsp3) is 0.300. The monoisotopic (exact) mass is 322 g/mol. The number of anilines is 1. The number of benzene rings is 2. The van der Waals surface area contributed by atoms with Crippen LogP contribution in [0.15, 0.2) is 47.5 Å². The summed E-state index contributed by atoms with van der Waals surface area (Å²) in [7, 11) is 0. The van der Waals surface area contributed by atoms with Gasteiger partial charge in [-0.3, -0.25) is 4.99 Å². The Bertz CT molecular complexity index is 745. The van der Waals surface area contributed by atoms with Crippen LogP contribution in [0.1, 0.15) is 40.7 Å². The second-order valence-corrected chi connectivity index (χ2v) is 6.20. The summed E-state index contributed by atoms with van der Waals surface area (Å²) in [5.74, 6) is -0.933. The van der Waals surface area contributed by atoms with Gasteiger partial charge in [0.1, 0.15) is 0 Å². The third kappa shape index (κ3) is 3.82. The second kappa shape index (κ2) is 7.30. The molecule has 1 aliphatic heterocycles. The summed E-state index contributed by atoms with van der Waals surface area (Å²) in [6, 6.07) is 13.4. The quantitative estimate of drug-likeness (QED) is 0.847. The molecule has 1 saturated heterocycles. The van der Waals surface area contributed by atoms with E-state index >= 15 is 0 Å². The third-order valence-corrected chi connectivity index (χ3v) is 4.42. The van der Waals surface area contributed by atoms with Gasteiger partial charge in [-0.25, -0.2) is 4.79 Å². The number of carboxylic acid groups (broad SMARTS) is 1. The standard InChI is InChI=1S/C20H22N2O2/c1-15-5-8-17(20(23)24)13-19(15)21-14-16-6-9-18(10-7-16)22-11-3-2-4-12-22/h5-10,13-14H,2-4,11-12H2,1H3,(H,23,24). The van der Waals surface area contributed by atoms with Crippen molar-refractivity contribution in [3.63, 3.8) is 0 Å². The van der Waals surface area contributed by atoms with E-state index in [1.165, 1.54) is 24.9 Å². The largest absolute Gasteiger partial charge is 0.478 e. The third-order valence-electron chi connectivity index (χ3n) is 4.42. The lowest BCUT2D eigenvalue weighted by molar-refractivity contribution is 0.0697. The first-order valence-electron chi connectivity index (χ1n) is 8.36.